The van der Waals surface area contributed by atoms with Gasteiger partial charge in [0.05, 0.1) is 35.5 Å². The molecule has 1 aromatic heterocycles. The van der Waals surface area contributed by atoms with Crippen molar-refractivity contribution in [1.82, 2.24) is 19.6 Å². The number of hydrogen-bond donors (Lipinski definition) is 2. The number of aromatic nitrogens is 2. The van der Waals surface area contributed by atoms with Crippen LogP contribution in [0.1, 0.15) is 33.1 Å². The summed E-state index contributed by atoms with van der Waals surface area (Å²) in [7, 11) is 0. The van der Waals surface area contributed by atoms with Crippen LogP contribution in [-0.2, 0) is 16.2 Å². The van der Waals surface area contributed by atoms with Crippen LogP contribution in [0.25, 0.3) is 22.4 Å². The number of benzene rings is 2. The Bertz CT molecular complexity index is 1080. The zero-order valence-corrected chi connectivity index (χ0v) is 20.2. The first kappa shape index (κ1) is 25.6. The van der Waals surface area contributed by atoms with Crippen molar-refractivity contribution in [2.45, 2.75) is 44.0 Å². The fourth-order valence-electron chi connectivity index (χ4n) is 3.59. The number of anilines is 1. The van der Waals surface area contributed by atoms with Crippen LogP contribution in [0.4, 0.5) is 10.2 Å². The summed E-state index contributed by atoms with van der Waals surface area (Å²) in [6, 6.07) is 12.1. The molecule has 0 aliphatic heterocycles. The normalized spacial score (nSPS) is 12.8. The Morgan fingerprint density at radius 2 is 1.97 bits per heavy atom. The van der Waals surface area contributed by atoms with Crippen molar-refractivity contribution in [3.63, 3.8) is 0 Å². The van der Waals surface area contributed by atoms with Crippen molar-refractivity contribution < 1.29 is 13.7 Å². The third kappa shape index (κ3) is 6.75. The lowest BCUT2D eigenvalue weighted by Crippen LogP contribution is -2.33. The van der Waals surface area contributed by atoms with Crippen LogP contribution in [0.5, 0.6) is 0 Å². The maximum absolute atomic E-state index is 14.9. The zero-order chi connectivity index (χ0) is 24.5. The Labute approximate surface area is 202 Å². The predicted molar refractivity (Wildman–Crippen MR) is 133 cm³/mol. The number of nitrogens with zero attached hydrogens (tertiary/aromatic N) is 3. The monoisotopic (exact) mass is 483 g/mol. The first-order valence-corrected chi connectivity index (χ1v) is 12.4. The third-order valence-electron chi connectivity index (χ3n) is 5.51. The quantitative estimate of drug-likeness (QED) is 0.227. The zero-order valence-electron chi connectivity index (χ0n) is 19.4. The highest BCUT2D eigenvalue weighted by Gasteiger charge is 2.21. The van der Waals surface area contributed by atoms with E-state index in [1.54, 1.807) is 23.1 Å². The number of carbonyl (C=O) groups is 1. The first-order chi connectivity index (χ1) is 16.4. The van der Waals surface area contributed by atoms with Crippen LogP contribution < -0.4 is 10.5 Å². The second kappa shape index (κ2) is 12.5. The molecule has 2 atom stereocenters. The van der Waals surface area contributed by atoms with Gasteiger partial charge in [0.15, 0.2) is 4.90 Å². The molecule has 0 saturated heterocycles. The van der Waals surface area contributed by atoms with Crippen molar-refractivity contribution in [3.8, 4) is 22.4 Å². The molecule has 0 saturated carbocycles. The lowest BCUT2D eigenvalue weighted by molar-refractivity contribution is -0.118. The first-order valence-electron chi connectivity index (χ1n) is 11.3. The maximum Gasteiger partial charge on any atom is 0.209 e. The van der Waals surface area contributed by atoms with Crippen LogP contribution in [0, 0.1) is 5.82 Å². The van der Waals surface area contributed by atoms with Gasteiger partial charge in [-0.15, -0.1) is 4.72 Å². The standard InChI is InChI=1S/C25H30FN5O2S/c1-3-31(17-32)13-7-6-8-18(2)30-34(33)24-10-5-4-9-20(24)19-11-12-21(22(26)14-19)23-15-29-25(27)16-28-23/h4-5,9-12,14-18,30H,3,6-8,13H2,1-2H3,(H2,27,29). The topological polar surface area (TPSA) is 107 Å². The summed E-state index contributed by atoms with van der Waals surface area (Å²) in [6.07, 6.45) is 6.32. The van der Waals surface area contributed by atoms with Gasteiger partial charge in [0, 0.05) is 24.2 Å². The van der Waals surface area contributed by atoms with Crippen molar-refractivity contribution in [2.24, 2.45) is 0 Å². The molecule has 9 heteroatoms. The molecule has 2 unspecified atom stereocenters. The molecule has 7 nitrogen and oxygen atoms in total. The van der Waals surface area contributed by atoms with E-state index in [0.717, 1.165) is 32.2 Å². The van der Waals surface area contributed by atoms with Gasteiger partial charge in [0.25, 0.3) is 0 Å². The number of nitrogens with one attached hydrogen (secondary N) is 1. The fraction of sp³-hybridized carbons (Fsp3) is 0.320. The summed E-state index contributed by atoms with van der Waals surface area (Å²) in [5, 5.41) is 0. The molecule has 0 fully saturated rings. The second-order valence-electron chi connectivity index (χ2n) is 8.03. The number of rotatable bonds is 12. The van der Waals surface area contributed by atoms with Gasteiger partial charge in [-0.2, -0.15) is 0 Å². The lowest BCUT2D eigenvalue weighted by Gasteiger charge is -2.19. The number of unbranched alkanes of at least 4 members (excludes halogenated alkanes) is 1. The van der Waals surface area contributed by atoms with E-state index in [0.29, 0.717) is 33.8 Å². The van der Waals surface area contributed by atoms with Crippen LogP contribution in [0.2, 0.25) is 0 Å². The fourth-order valence-corrected chi connectivity index (χ4v) is 4.79. The van der Waals surface area contributed by atoms with Crippen LogP contribution in [0.3, 0.4) is 0 Å². The minimum absolute atomic E-state index is 0.0170. The predicted octanol–water partition coefficient (Wildman–Crippen LogP) is 4.18. The van der Waals surface area contributed by atoms with Gasteiger partial charge in [-0.1, -0.05) is 18.2 Å². The van der Waals surface area contributed by atoms with Gasteiger partial charge >= 0.3 is 0 Å². The molecule has 0 bridgehead atoms. The molecule has 180 valence electrons. The Morgan fingerprint density at radius 3 is 2.65 bits per heavy atom. The number of nitrogens with two attached hydrogens (primary N) is 1. The number of halogens is 1. The van der Waals surface area contributed by atoms with E-state index >= 15 is 0 Å². The molecule has 1 heterocycles. The Hall–Kier alpha value is -3.01. The van der Waals surface area contributed by atoms with Gasteiger partial charge < -0.3 is 15.2 Å². The number of nitrogen functional groups attached to an aromatic ring is 1. The molecule has 3 rings (SSSR count). The summed E-state index contributed by atoms with van der Waals surface area (Å²) in [6.45, 7) is 5.36. The number of carbonyl (C=O) groups excluding carboxylic acids is 1. The average Bonchev–Trinajstić information content (AvgIpc) is 2.84. The summed E-state index contributed by atoms with van der Waals surface area (Å²) in [4.78, 5) is 21.3. The minimum atomic E-state index is -1.47. The second-order valence-corrected chi connectivity index (χ2v) is 9.25. The highest BCUT2D eigenvalue weighted by molar-refractivity contribution is 7.89. The van der Waals surface area contributed by atoms with E-state index < -0.39 is 17.2 Å². The van der Waals surface area contributed by atoms with E-state index in [1.165, 1.54) is 18.5 Å². The Balaban J connectivity index is 1.68. The van der Waals surface area contributed by atoms with Crippen molar-refractivity contribution >= 4 is 23.6 Å². The molecular weight excluding hydrogens is 453 g/mol. The molecular formula is C25H30FN5O2S. The smallest absolute Gasteiger partial charge is 0.209 e. The van der Waals surface area contributed by atoms with Gasteiger partial charge in [-0.25, -0.2) is 9.37 Å². The molecule has 3 aromatic rings. The summed E-state index contributed by atoms with van der Waals surface area (Å²) >= 11 is -1.47. The van der Waals surface area contributed by atoms with Crippen LogP contribution in [0.15, 0.2) is 59.8 Å². The summed E-state index contributed by atoms with van der Waals surface area (Å²) < 4.78 is 31.2. The van der Waals surface area contributed by atoms with Crippen LogP contribution in [-0.4, -0.2) is 45.0 Å². The average molecular weight is 484 g/mol. The van der Waals surface area contributed by atoms with Crippen molar-refractivity contribution in [3.05, 3.63) is 60.7 Å². The van der Waals surface area contributed by atoms with E-state index in [9.17, 15) is 13.7 Å². The minimum Gasteiger partial charge on any atom is -0.593 e. The molecule has 2 aromatic carbocycles. The van der Waals surface area contributed by atoms with E-state index in [2.05, 4.69) is 14.7 Å². The molecule has 34 heavy (non-hydrogen) atoms. The highest BCUT2D eigenvalue weighted by Crippen LogP contribution is 2.31. The molecule has 1 amide bonds. The SMILES string of the molecule is CCN(C=O)CCCCC(C)N[S+]([O-])c1ccccc1-c1ccc(-c2cnc(N)cn2)c(F)c1. The number of hydrogen-bond acceptors (Lipinski definition) is 6. The summed E-state index contributed by atoms with van der Waals surface area (Å²) in [5.74, 6) is -0.183. The largest absolute Gasteiger partial charge is 0.593 e. The lowest BCUT2D eigenvalue weighted by atomic mass is 10.0. The van der Waals surface area contributed by atoms with Crippen molar-refractivity contribution in [1.29, 1.82) is 0 Å². The highest BCUT2D eigenvalue weighted by atomic mass is 32.2. The molecule has 0 aliphatic carbocycles. The number of amides is 1. The van der Waals surface area contributed by atoms with E-state index in [4.69, 9.17) is 5.73 Å². The van der Waals surface area contributed by atoms with E-state index in [-0.39, 0.29) is 11.9 Å². The molecule has 0 radical (unpaired) electrons. The van der Waals surface area contributed by atoms with E-state index in [1.807, 2.05) is 32.0 Å². The van der Waals surface area contributed by atoms with Crippen LogP contribution >= 0.6 is 0 Å². The maximum atomic E-state index is 14.9. The molecule has 3 N–H and O–H groups in total. The van der Waals surface area contributed by atoms with Gasteiger partial charge in [-0.3, -0.25) is 9.78 Å². The van der Waals surface area contributed by atoms with Gasteiger partial charge in [-0.05, 0) is 62.9 Å². The Kier molecular flexibility index (Phi) is 9.38. The Morgan fingerprint density at radius 1 is 1.18 bits per heavy atom. The molecule has 0 spiro atoms. The van der Waals surface area contributed by atoms with Crippen molar-refractivity contribution in [2.75, 3.05) is 18.8 Å². The van der Waals surface area contributed by atoms with Gasteiger partial charge in [0.2, 0.25) is 6.41 Å². The summed E-state index contributed by atoms with van der Waals surface area (Å²) in [5.41, 5.74) is 7.59. The molecule has 0 aliphatic rings. The van der Waals surface area contributed by atoms with Gasteiger partial charge in [0.1, 0.15) is 11.6 Å². The third-order valence-corrected chi connectivity index (χ3v) is 6.88.